The number of nitrogens with zero attached hydrogens (tertiary/aromatic N) is 5. The number of aromatic nitrogens is 4. The van der Waals surface area contributed by atoms with E-state index in [1.54, 1.807) is 6.07 Å². The van der Waals surface area contributed by atoms with Crippen molar-refractivity contribution in [1.82, 2.24) is 19.8 Å². The van der Waals surface area contributed by atoms with Gasteiger partial charge in [-0.1, -0.05) is 0 Å². The highest BCUT2D eigenvalue weighted by Crippen LogP contribution is 2.28. The first kappa shape index (κ1) is 15.0. The molecule has 2 aromatic rings. The normalized spacial score (nSPS) is 19.8. The molecule has 1 unspecified atom stereocenters. The van der Waals surface area contributed by atoms with Crippen molar-refractivity contribution in [3.8, 4) is 0 Å². The second kappa shape index (κ2) is 5.71. The minimum absolute atomic E-state index is 0.0894. The fraction of sp³-hybridized carbons (Fsp3) is 0.615. The highest BCUT2D eigenvalue weighted by molar-refractivity contribution is 5.46. The Kier molecular flexibility index (Phi) is 3.90. The summed E-state index contributed by atoms with van der Waals surface area (Å²) in [6.07, 6.45) is -1.58. The van der Waals surface area contributed by atoms with Gasteiger partial charge in [-0.3, -0.25) is 0 Å². The van der Waals surface area contributed by atoms with Crippen LogP contribution >= 0.6 is 0 Å². The third-order valence-corrected chi connectivity index (χ3v) is 3.92. The quantitative estimate of drug-likeness (QED) is 0.934. The molecule has 0 aromatic carbocycles. The van der Waals surface area contributed by atoms with Gasteiger partial charge in [-0.15, -0.1) is 15.3 Å². The molecule has 1 fully saturated rings. The van der Waals surface area contributed by atoms with Crippen LogP contribution in [0.1, 0.15) is 25.1 Å². The molecule has 120 valence electrons. The van der Waals surface area contributed by atoms with E-state index in [4.69, 9.17) is 5.73 Å². The van der Waals surface area contributed by atoms with E-state index in [1.807, 2.05) is 4.90 Å². The third-order valence-electron chi connectivity index (χ3n) is 3.92. The molecular weight excluding hydrogens is 297 g/mol. The molecule has 3 rings (SSSR count). The highest BCUT2D eigenvalue weighted by Gasteiger charge is 2.37. The summed E-state index contributed by atoms with van der Waals surface area (Å²) in [7, 11) is 0. The van der Waals surface area contributed by atoms with Gasteiger partial charge in [0.05, 0.1) is 0 Å². The number of anilines is 1. The fourth-order valence-corrected chi connectivity index (χ4v) is 2.87. The number of hydrogen-bond acceptors (Lipinski definition) is 5. The maximum absolute atomic E-state index is 12.9. The Morgan fingerprint density at radius 3 is 2.82 bits per heavy atom. The third kappa shape index (κ3) is 2.85. The van der Waals surface area contributed by atoms with Gasteiger partial charge in [0.15, 0.2) is 5.65 Å². The lowest BCUT2D eigenvalue weighted by atomic mass is 9.95. The summed E-state index contributed by atoms with van der Waals surface area (Å²) < 4.78 is 39.5. The Morgan fingerprint density at radius 2 is 2.09 bits per heavy atom. The molecule has 6 nitrogen and oxygen atoms in total. The van der Waals surface area contributed by atoms with Crippen molar-refractivity contribution >= 4 is 11.5 Å². The molecule has 1 aliphatic rings. The van der Waals surface area contributed by atoms with E-state index < -0.39 is 12.0 Å². The molecule has 0 aliphatic carbocycles. The SMILES string of the molecule is NCCC1CCCN(c2ccc3nnc(C(F)(F)F)n3n2)C1. The predicted octanol–water partition coefficient (Wildman–Crippen LogP) is 1.71. The van der Waals surface area contributed by atoms with Crippen LogP contribution in [0.3, 0.4) is 0 Å². The van der Waals surface area contributed by atoms with Crippen LogP contribution in [-0.2, 0) is 6.18 Å². The van der Waals surface area contributed by atoms with Gasteiger partial charge >= 0.3 is 6.18 Å². The van der Waals surface area contributed by atoms with Crippen molar-refractivity contribution in [3.05, 3.63) is 18.0 Å². The lowest BCUT2D eigenvalue weighted by Gasteiger charge is -2.33. The molecule has 1 atom stereocenters. The zero-order chi connectivity index (χ0) is 15.7. The van der Waals surface area contributed by atoms with Gasteiger partial charge in [0.25, 0.3) is 5.82 Å². The molecule has 0 amide bonds. The fourth-order valence-electron chi connectivity index (χ4n) is 2.87. The van der Waals surface area contributed by atoms with Gasteiger partial charge in [0, 0.05) is 13.1 Å². The highest BCUT2D eigenvalue weighted by atomic mass is 19.4. The van der Waals surface area contributed by atoms with E-state index in [0.717, 1.165) is 36.9 Å². The standard InChI is InChI=1S/C13H17F3N6/c14-13(15,16)12-19-18-10-3-4-11(20-22(10)12)21-7-1-2-9(8-21)5-6-17/h3-4,9H,1-2,5-8,17H2. The molecule has 22 heavy (non-hydrogen) atoms. The van der Waals surface area contributed by atoms with Crippen molar-refractivity contribution in [3.63, 3.8) is 0 Å². The molecule has 3 heterocycles. The van der Waals surface area contributed by atoms with E-state index >= 15 is 0 Å². The number of halogens is 3. The lowest BCUT2D eigenvalue weighted by Crippen LogP contribution is -2.37. The first-order chi connectivity index (χ1) is 10.5. The van der Waals surface area contributed by atoms with Crippen LogP contribution in [0.5, 0.6) is 0 Å². The molecule has 1 aliphatic heterocycles. The van der Waals surface area contributed by atoms with Gasteiger partial charge in [-0.25, -0.2) is 0 Å². The number of nitrogens with two attached hydrogens (primary N) is 1. The van der Waals surface area contributed by atoms with Gasteiger partial charge in [-0.2, -0.15) is 17.7 Å². The molecular formula is C13H17F3N6. The number of alkyl halides is 3. The van der Waals surface area contributed by atoms with Gasteiger partial charge < -0.3 is 10.6 Å². The Hall–Kier alpha value is -1.90. The number of fused-ring (bicyclic) bond motifs is 1. The Balaban J connectivity index is 1.91. The first-order valence-corrected chi connectivity index (χ1v) is 7.23. The van der Waals surface area contributed by atoms with E-state index in [1.165, 1.54) is 6.07 Å². The minimum atomic E-state index is -4.57. The zero-order valence-electron chi connectivity index (χ0n) is 11.9. The van der Waals surface area contributed by atoms with E-state index in [-0.39, 0.29) is 5.65 Å². The van der Waals surface area contributed by atoms with Crippen LogP contribution < -0.4 is 10.6 Å². The number of piperidine rings is 1. The van der Waals surface area contributed by atoms with Crippen molar-refractivity contribution in [2.24, 2.45) is 11.7 Å². The monoisotopic (exact) mass is 314 g/mol. The molecule has 0 radical (unpaired) electrons. The number of hydrogen-bond donors (Lipinski definition) is 1. The van der Waals surface area contributed by atoms with Gasteiger partial charge in [0.2, 0.25) is 0 Å². The topological polar surface area (TPSA) is 72.3 Å². The summed E-state index contributed by atoms with van der Waals surface area (Å²) in [6, 6.07) is 3.20. The van der Waals surface area contributed by atoms with E-state index in [9.17, 15) is 13.2 Å². The summed E-state index contributed by atoms with van der Waals surface area (Å²) in [4.78, 5) is 2.00. The van der Waals surface area contributed by atoms with E-state index in [2.05, 4.69) is 15.3 Å². The summed E-state index contributed by atoms with van der Waals surface area (Å²) in [5.41, 5.74) is 5.68. The molecule has 2 N–H and O–H groups in total. The average Bonchev–Trinajstić information content (AvgIpc) is 2.91. The molecule has 1 saturated heterocycles. The predicted molar refractivity (Wildman–Crippen MR) is 74.4 cm³/mol. The summed E-state index contributed by atoms with van der Waals surface area (Å²) in [5, 5.41) is 10.8. The summed E-state index contributed by atoms with van der Waals surface area (Å²) >= 11 is 0. The minimum Gasteiger partial charge on any atom is -0.355 e. The first-order valence-electron chi connectivity index (χ1n) is 7.23. The molecule has 0 spiro atoms. The number of rotatable bonds is 3. The van der Waals surface area contributed by atoms with Crippen LogP contribution in [0.25, 0.3) is 5.65 Å². The molecule has 0 bridgehead atoms. The Bertz CT molecular complexity index is 651. The maximum Gasteiger partial charge on any atom is 0.453 e. The zero-order valence-corrected chi connectivity index (χ0v) is 11.9. The second-order valence-corrected chi connectivity index (χ2v) is 5.51. The van der Waals surface area contributed by atoms with Crippen molar-refractivity contribution in [2.45, 2.75) is 25.4 Å². The largest absolute Gasteiger partial charge is 0.453 e. The van der Waals surface area contributed by atoms with Gasteiger partial charge in [0.1, 0.15) is 5.82 Å². The van der Waals surface area contributed by atoms with E-state index in [0.29, 0.717) is 18.3 Å². The Morgan fingerprint density at radius 1 is 1.27 bits per heavy atom. The van der Waals surface area contributed by atoms with Crippen LogP contribution in [0.2, 0.25) is 0 Å². The summed E-state index contributed by atoms with van der Waals surface area (Å²) in [6.45, 7) is 2.16. The van der Waals surface area contributed by atoms with Crippen molar-refractivity contribution < 1.29 is 13.2 Å². The molecule has 0 saturated carbocycles. The lowest BCUT2D eigenvalue weighted by molar-refractivity contribution is -0.146. The smallest absolute Gasteiger partial charge is 0.355 e. The van der Waals surface area contributed by atoms with Gasteiger partial charge in [-0.05, 0) is 43.9 Å². The molecule has 9 heteroatoms. The van der Waals surface area contributed by atoms with Crippen LogP contribution in [-0.4, -0.2) is 39.4 Å². The molecule has 2 aromatic heterocycles. The summed E-state index contributed by atoms with van der Waals surface area (Å²) in [5.74, 6) is -0.126. The van der Waals surface area contributed by atoms with Crippen LogP contribution in [0.15, 0.2) is 12.1 Å². The Labute approximate surface area is 125 Å². The van der Waals surface area contributed by atoms with Crippen LogP contribution in [0.4, 0.5) is 19.0 Å². The average molecular weight is 314 g/mol. The van der Waals surface area contributed by atoms with Crippen molar-refractivity contribution in [1.29, 1.82) is 0 Å². The second-order valence-electron chi connectivity index (χ2n) is 5.51. The van der Waals surface area contributed by atoms with Crippen molar-refractivity contribution in [2.75, 3.05) is 24.5 Å². The van der Waals surface area contributed by atoms with Crippen LogP contribution in [0, 0.1) is 5.92 Å². The maximum atomic E-state index is 12.9.